The van der Waals surface area contributed by atoms with Crippen molar-refractivity contribution in [1.29, 1.82) is 0 Å². The van der Waals surface area contributed by atoms with Crippen molar-refractivity contribution < 1.29 is 19.4 Å². The molecule has 1 aromatic rings. The lowest BCUT2D eigenvalue weighted by Crippen LogP contribution is -2.39. The maximum Gasteiger partial charge on any atom is 0.323 e. The number of unbranched alkanes of at least 4 members (excludes halogenated alkanes) is 1. The van der Waals surface area contributed by atoms with Gasteiger partial charge in [-0.05, 0) is 45.1 Å². The Hall–Kier alpha value is -1.84. The summed E-state index contributed by atoms with van der Waals surface area (Å²) in [5.41, 5.74) is -0.234. The predicted molar refractivity (Wildman–Crippen MR) is 85.6 cm³/mol. The molecule has 0 aliphatic rings. The minimum absolute atomic E-state index is 0.254. The maximum absolute atomic E-state index is 12.1. The van der Waals surface area contributed by atoms with E-state index in [0.717, 1.165) is 12.8 Å². The third kappa shape index (κ3) is 5.17. The normalized spacial score (nSPS) is 14.9. The van der Waals surface area contributed by atoms with E-state index in [2.05, 4.69) is 0 Å². The predicted octanol–water partition coefficient (Wildman–Crippen LogP) is 3.83. The average molecular weight is 306 g/mol. The highest BCUT2D eigenvalue weighted by Gasteiger charge is 2.42. The van der Waals surface area contributed by atoms with E-state index in [0.29, 0.717) is 19.3 Å². The van der Waals surface area contributed by atoms with Crippen LogP contribution in [0.1, 0.15) is 52.0 Å². The lowest BCUT2D eigenvalue weighted by atomic mass is 9.84. The molecule has 0 heterocycles. The highest BCUT2D eigenvalue weighted by molar-refractivity contribution is 5.98. The average Bonchev–Trinajstić information content (AvgIpc) is 2.51. The Morgan fingerprint density at radius 2 is 1.86 bits per heavy atom. The van der Waals surface area contributed by atoms with Gasteiger partial charge < -0.3 is 9.84 Å². The SMILES string of the molecule is CCC(C)OC(=O)C(C)(CCCCc1ccccc1)C(=O)O. The summed E-state index contributed by atoms with van der Waals surface area (Å²) in [5, 5.41) is 9.40. The number of ether oxygens (including phenoxy) is 1. The molecule has 1 aromatic carbocycles. The van der Waals surface area contributed by atoms with Gasteiger partial charge in [-0.2, -0.15) is 0 Å². The molecule has 0 aliphatic heterocycles. The summed E-state index contributed by atoms with van der Waals surface area (Å²) in [6.07, 6.45) is 3.13. The fourth-order valence-corrected chi connectivity index (χ4v) is 2.14. The van der Waals surface area contributed by atoms with Gasteiger partial charge in [0, 0.05) is 0 Å². The second-order valence-corrected chi connectivity index (χ2v) is 5.95. The molecule has 0 fully saturated rings. The van der Waals surface area contributed by atoms with Crippen LogP contribution in [0.3, 0.4) is 0 Å². The number of rotatable bonds is 9. The molecular weight excluding hydrogens is 280 g/mol. The van der Waals surface area contributed by atoms with Crippen molar-refractivity contribution in [2.45, 2.75) is 59.0 Å². The number of carbonyl (C=O) groups is 2. The number of hydrogen-bond donors (Lipinski definition) is 1. The van der Waals surface area contributed by atoms with Crippen molar-refractivity contribution >= 4 is 11.9 Å². The van der Waals surface area contributed by atoms with E-state index in [1.807, 2.05) is 37.3 Å². The number of carbonyl (C=O) groups excluding carboxylic acids is 1. The summed E-state index contributed by atoms with van der Waals surface area (Å²) in [4.78, 5) is 23.6. The molecule has 1 rings (SSSR count). The van der Waals surface area contributed by atoms with Crippen LogP contribution in [-0.2, 0) is 20.7 Å². The minimum Gasteiger partial charge on any atom is -0.480 e. The van der Waals surface area contributed by atoms with E-state index in [1.165, 1.54) is 12.5 Å². The van der Waals surface area contributed by atoms with Crippen molar-refractivity contribution in [3.63, 3.8) is 0 Å². The van der Waals surface area contributed by atoms with E-state index >= 15 is 0 Å². The Morgan fingerprint density at radius 3 is 2.41 bits per heavy atom. The lowest BCUT2D eigenvalue weighted by molar-refractivity contribution is -0.171. The van der Waals surface area contributed by atoms with Crippen LogP contribution < -0.4 is 0 Å². The van der Waals surface area contributed by atoms with Gasteiger partial charge >= 0.3 is 11.9 Å². The zero-order chi connectivity index (χ0) is 16.6. The molecule has 2 atom stereocenters. The standard InChI is InChI=1S/C18H26O4/c1-4-14(2)22-17(21)18(3,16(19)20)13-9-8-12-15-10-6-5-7-11-15/h5-7,10-11,14H,4,8-9,12-13H2,1-3H3,(H,19,20). The van der Waals surface area contributed by atoms with E-state index in [9.17, 15) is 14.7 Å². The fraction of sp³-hybridized carbons (Fsp3) is 0.556. The van der Waals surface area contributed by atoms with Crippen LogP contribution in [0.2, 0.25) is 0 Å². The molecule has 22 heavy (non-hydrogen) atoms. The molecule has 0 saturated carbocycles. The quantitative estimate of drug-likeness (QED) is 0.428. The molecular formula is C18H26O4. The van der Waals surface area contributed by atoms with Crippen LogP contribution >= 0.6 is 0 Å². The molecule has 0 aromatic heterocycles. The number of carboxylic acids is 1. The zero-order valence-corrected chi connectivity index (χ0v) is 13.7. The molecule has 0 amide bonds. The van der Waals surface area contributed by atoms with Gasteiger partial charge in [-0.15, -0.1) is 0 Å². The summed E-state index contributed by atoms with van der Waals surface area (Å²) in [5.74, 6) is -1.74. The summed E-state index contributed by atoms with van der Waals surface area (Å²) in [7, 11) is 0. The summed E-state index contributed by atoms with van der Waals surface area (Å²) in [6.45, 7) is 5.13. The maximum atomic E-state index is 12.1. The Balaban J connectivity index is 2.53. The van der Waals surface area contributed by atoms with Crippen LogP contribution in [0.15, 0.2) is 30.3 Å². The smallest absolute Gasteiger partial charge is 0.323 e. The van der Waals surface area contributed by atoms with Crippen molar-refractivity contribution in [1.82, 2.24) is 0 Å². The molecule has 0 bridgehead atoms. The van der Waals surface area contributed by atoms with Gasteiger partial charge in [-0.25, -0.2) is 0 Å². The first-order chi connectivity index (χ1) is 10.4. The molecule has 0 saturated heterocycles. The van der Waals surface area contributed by atoms with Gasteiger partial charge in [0.15, 0.2) is 5.41 Å². The van der Waals surface area contributed by atoms with Crippen LogP contribution in [0.5, 0.6) is 0 Å². The molecule has 0 aliphatic carbocycles. The fourth-order valence-electron chi connectivity index (χ4n) is 2.14. The van der Waals surface area contributed by atoms with E-state index in [-0.39, 0.29) is 6.10 Å². The highest BCUT2D eigenvalue weighted by atomic mass is 16.5. The van der Waals surface area contributed by atoms with Gasteiger partial charge in [0.25, 0.3) is 0 Å². The summed E-state index contributed by atoms with van der Waals surface area (Å²) in [6, 6.07) is 10.0. The largest absolute Gasteiger partial charge is 0.480 e. The number of aliphatic carboxylic acids is 1. The Labute approximate surface area is 132 Å². The van der Waals surface area contributed by atoms with Crippen LogP contribution in [0, 0.1) is 5.41 Å². The van der Waals surface area contributed by atoms with Gasteiger partial charge in [-0.1, -0.05) is 43.7 Å². The van der Waals surface area contributed by atoms with Gasteiger partial charge in [0.1, 0.15) is 0 Å². The molecule has 0 radical (unpaired) electrons. The topological polar surface area (TPSA) is 63.6 Å². The monoisotopic (exact) mass is 306 g/mol. The van der Waals surface area contributed by atoms with Crippen LogP contribution in [0.4, 0.5) is 0 Å². The van der Waals surface area contributed by atoms with Crippen molar-refractivity contribution in [2.24, 2.45) is 5.41 Å². The van der Waals surface area contributed by atoms with Crippen molar-refractivity contribution in [3.05, 3.63) is 35.9 Å². The third-order valence-corrected chi connectivity index (χ3v) is 4.04. The first-order valence-corrected chi connectivity index (χ1v) is 7.88. The molecule has 2 unspecified atom stereocenters. The first-order valence-electron chi connectivity index (χ1n) is 7.88. The molecule has 4 heteroatoms. The zero-order valence-electron chi connectivity index (χ0n) is 13.7. The number of benzene rings is 1. The van der Waals surface area contributed by atoms with E-state index in [1.54, 1.807) is 6.92 Å². The first kappa shape index (κ1) is 18.2. The Morgan fingerprint density at radius 1 is 1.23 bits per heavy atom. The molecule has 122 valence electrons. The van der Waals surface area contributed by atoms with Crippen molar-refractivity contribution in [2.75, 3.05) is 0 Å². The van der Waals surface area contributed by atoms with Gasteiger partial charge in [0.05, 0.1) is 6.10 Å². The molecule has 0 spiro atoms. The highest BCUT2D eigenvalue weighted by Crippen LogP contribution is 2.28. The Kier molecular flexibility index (Phi) is 7.09. The third-order valence-electron chi connectivity index (χ3n) is 4.04. The minimum atomic E-state index is -1.46. The number of esters is 1. The van der Waals surface area contributed by atoms with E-state index in [4.69, 9.17) is 4.74 Å². The van der Waals surface area contributed by atoms with Gasteiger partial charge in [0.2, 0.25) is 0 Å². The van der Waals surface area contributed by atoms with Crippen LogP contribution in [-0.4, -0.2) is 23.1 Å². The van der Waals surface area contributed by atoms with Crippen LogP contribution in [0.25, 0.3) is 0 Å². The number of hydrogen-bond acceptors (Lipinski definition) is 3. The van der Waals surface area contributed by atoms with Crippen molar-refractivity contribution in [3.8, 4) is 0 Å². The van der Waals surface area contributed by atoms with E-state index < -0.39 is 17.4 Å². The number of carboxylic acid groups (broad SMARTS) is 1. The number of aryl methyl sites for hydroxylation is 1. The second-order valence-electron chi connectivity index (χ2n) is 5.95. The second kappa shape index (κ2) is 8.57. The summed E-state index contributed by atoms with van der Waals surface area (Å²) >= 11 is 0. The molecule has 4 nitrogen and oxygen atoms in total. The van der Waals surface area contributed by atoms with Gasteiger partial charge in [-0.3, -0.25) is 9.59 Å². The molecule has 1 N–H and O–H groups in total. The Bertz CT molecular complexity index is 483. The summed E-state index contributed by atoms with van der Waals surface area (Å²) < 4.78 is 5.22. The lowest BCUT2D eigenvalue weighted by Gasteiger charge is -2.24.